The number of hydrogen-bond acceptors (Lipinski definition) is 3. The topological polar surface area (TPSA) is 83.5 Å². The molecule has 2 aromatic rings. The molecule has 0 radical (unpaired) electrons. The van der Waals surface area contributed by atoms with E-state index in [4.69, 9.17) is 16.7 Å². The van der Waals surface area contributed by atoms with Gasteiger partial charge in [-0.2, -0.15) is 0 Å². The van der Waals surface area contributed by atoms with Crippen LogP contribution in [-0.2, 0) is 10.0 Å². The molecule has 0 spiro atoms. The van der Waals surface area contributed by atoms with Crippen LogP contribution in [0.3, 0.4) is 0 Å². The molecule has 2 rings (SSSR count). The lowest BCUT2D eigenvalue weighted by molar-refractivity contribution is 0.0697. The molecule has 116 valence electrons. The molecule has 0 bridgehead atoms. The highest BCUT2D eigenvalue weighted by Gasteiger charge is 2.18. The first-order chi connectivity index (χ1) is 10.2. The van der Waals surface area contributed by atoms with Crippen LogP contribution < -0.4 is 4.72 Å². The maximum absolute atomic E-state index is 12.3. The largest absolute Gasteiger partial charge is 0.478 e. The Morgan fingerprint density at radius 2 is 1.77 bits per heavy atom. The van der Waals surface area contributed by atoms with E-state index in [1.165, 1.54) is 12.1 Å². The minimum absolute atomic E-state index is 0.0161. The summed E-state index contributed by atoms with van der Waals surface area (Å²) >= 11 is 5.74. The Labute approximate surface area is 133 Å². The van der Waals surface area contributed by atoms with Crippen LogP contribution in [0.15, 0.2) is 41.3 Å². The number of rotatable bonds is 4. The van der Waals surface area contributed by atoms with Crippen molar-refractivity contribution in [3.05, 3.63) is 58.1 Å². The summed E-state index contributed by atoms with van der Waals surface area (Å²) in [5.74, 6) is -1.28. The third-order valence-corrected chi connectivity index (χ3v) is 4.95. The van der Waals surface area contributed by atoms with E-state index in [2.05, 4.69) is 4.72 Å². The summed E-state index contributed by atoms with van der Waals surface area (Å²) in [6, 6.07) is 8.71. The van der Waals surface area contributed by atoms with Crippen molar-refractivity contribution in [1.82, 2.24) is 0 Å². The zero-order valence-electron chi connectivity index (χ0n) is 11.9. The predicted octanol–water partition coefficient (Wildman–Crippen LogP) is 3.46. The fourth-order valence-electron chi connectivity index (χ4n) is 1.85. The second-order valence-electron chi connectivity index (χ2n) is 4.85. The van der Waals surface area contributed by atoms with Gasteiger partial charge in [-0.3, -0.25) is 4.72 Å². The molecule has 0 unspecified atom stereocenters. The Bertz CT molecular complexity index is 847. The zero-order valence-corrected chi connectivity index (χ0v) is 13.5. The van der Waals surface area contributed by atoms with E-state index in [0.29, 0.717) is 5.69 Å². The molecular formula is C15H14ClNO4S. The first-order valence-electron chi connectivity index (χ1n) is 6.33. The smallest absolute Gasteiger partial charge is 0.337 e. The third-order valence-electron chi connectivity index (χ3n) is 3.24. The van der Waals surface area contributed by atoms with E-state index in [0.717, 1.165) is 17.2 Å². The Morgan fingerprint density at radius 1 is 1.09 bits per heavy atom. The standard InChI is InChI=1S/C15H14ClNO4S/c1-9-3-4-11(7-10(9)2)17-22(20,21)12-5-6-14(16)13(8-12)15(18)19/h3-8,17H,1-2H3,(H,18,19). The third kappa shape index (κ3) is 3.40. The molecule has 0 atom stereocenters. The van der Waals surface area contributed by atoms with Gasteiger partial charge in [-0.1, -0.05) is 17.7 Å². The van der Waals surface area contributed by atoms with Crippen LogP contribution in [0, 0.1) is 13.8 Å². The van der Waals surface area contributed by atoms with Crippen molar-refractivity contribution >= 4 is 33.3 Å². The van der Waals surface area contributed by atoms with Crippen LogP contribution in [0.2, 0.25) is 5.02 Å². The van der Waals surface area contributed by atoms with Gasteiger partial charge in [0.05, 0.1) is 15.5 Å². The zero-order chi connectivity index (χ0) is 16.5. The molecular weight excluding hydrogens is 326 g/mol. The first-order valence-corrected chi connectivity index (χ1v) is 8.20. The minimum Gasteiger partial charge on any atom is -0.478 e. The maximum Gasteiger partial charge on any atom is 0.337 e. The summed E-state index contributed by atoms with van der Waals surface area (Å²) < 4.78 is 27.1. The van der Waals surface area contributed by atoms with Crippen LogP contribution in [0.25, 0.3) is 0 Å². The van der Waals surface area contributed by atoms with Crippen LogP contribution in [0.4, 0.5) is 5.69 Å². The highest BCUT2D eigenvalue weighted by Crippen LogP contribution is 2.23. The van der Waals surface area contributed by atoms with Crippen LogP contribution >= 0.6 is 11.6 Å². The molecule has 22 heavy (non-hydrogen) atoms. The minimum atomic E-state index is -3.89. The number of aromatic carboxylic acids is 1. The summed E-state index contributed by atoms with van der Waals surface area (Å²) in [4.78, 5) is 10.9. The predicted molar refractivity (Wildman–Crippen MR) is 85.1 cm³/mol. The van der Waals surface area contributed by atoms with Crippen molar-refractivity contribution in [1.29, 1.82) is 0 Å². The fourth-order valence-corrected chi connectivity index (χ4v) is 3.13. The maximum atomic E-state index is 12.3. The van der Waals surface area contributed by atoms with Crippen molar-refractivity contribution in [2.45, 2.75) is 18.7 Å². The van der Waals surface area contributed by atoms with Gasteiger partial charge in [-0.05, 0) is 55.3 Å². The van der Waals surface area contributed by atoms with Crippen LogP contribution in [-0.4, -0.2) is 19.5 Å². The average molecular weight is 340 g/mol. The number of carboxylic acids is 1. The molecule has 0 heterocycles. The molecule has 0 aliphatic heterocycles. The summed E-state index contributed by atoms with van der Waals surface area (Å²) in [5.41, 5.74) is 2.14. The molecule has 7 heteroatoms. The number of anilines is 1. The lowest BCUT2D eigenvalue weighted by atomic mass is 10.1. The van der Waals surface area contributed by atoms with Crippen molar-refractivity contribution in [3.63, 3.8) is 0 Å². The fraction of sp³-hybridized carbons (Fsp3) is 0.133. The monoisotopic (exact) mass is 339 g/mol. The molecule has 0 saturated heterocycles. The SMILES string of the molecule is Cc1ccc(NS(=O)(=O)c2ccc(Cl)c(C(=O)O)c2)cc1C. The average Bonchev–Trinajstić information content (AvgIpc) is 2.42. The number of nitrogens with one attached hydrogen (secondary N) is 1. The highest BCUT2D eigenvalue weighted by molar-refractivity contribution is 7.92. The summed E-state index contributed by atoms with van der Waals surface area (Å²) in [7, 11) is -3.89. The Morgan fingerprint density at radius 3 is 2.36 bits per heavy atom. The van der Waals surface area contributed by atoms with Gasteiger partial charge in [0, 0.05) is 5.69 Å². The van der Waals surface area contributed by atoms with E-state index in [1.807, 2.05) is 13.8 Å². The molecule has 0 amide bonds. The first kappa shape index (κ1) is 16.3. The van der Waals surface area contributed by atoms with Gasteiger partial charge in [0.15, 0.2) is 0 Å². The summed E-state index contributed by atoms with van der Waals surface area (Å²) in [6.45, 7) is 3.80. The summed E-state index contributed by atoms with van der Waals surface area (Å²) in [5, 5.41) is 9.00. The quantitative estimate of drug-likeness (QED) is 0.893. The number of carboxylic acid groups (broad SMARTS) is 1. The number of halogens is 1. The lowest BCUT2D eigenvalue weighted by Crippen LogP contribution is -2.14. The van der Waals surface area contributed by atoms with E-state index < -0.39 is 16.0 Å². The van der Waals surface area contributed by atoms with Crippen molar-refractivity contribution in [3.8, 4) is 0 Å². The molecule has 0 aromatic heterocycles. The van der Waals surface area contributed by atoms with Gasteiger partial charge >= 0.3 is 5.97 Å². The van der Waals surface area contributed by atoms with E-state index in [9.17, 15) is 13.2 Å². The van der Waals surface area contributed by atoms with Gasteiger partial charge in [0.1, 0.15) is 0 Å². The lowest BCUT2D eigenvalue weighted by Gasteiger charge is -2.10. The van der Waals surface area contributed by atoms with Gasteiger partial charge in [-0.15, -0.1) is 0 Å². The molecule has 2 aromatic carbocycles. The number of hydrogen-bond donors (Lipinski definition) is 2. The van der Waals surface area contributed by atoms with Gasteiger partial charge in [0.2, 0.25) is 0 Å². The van der Waals surface area contributed by atoms with E-state index in [1.54, 1.807) is 18.2 Å². The molecule has 0 fully saturated rings. The molecule has 0 aliphatic carbocycles. The van der Waals surface area contributed by atoms with Gasteiger partial charge in [-0.25, -0.2) is 13.2 Å². The van der Waals surface area contributed by atoms with E-state index >= 15 is 0 Å². The Kier molecular flexibility index (Phi) is 4.44. The van der Waals surface area contributed by atoms with Gasteiger partial charge < -0.3 is 5.11 Å². The molecule has 2 N–H and O–H groups in total. The van der Waals surface area contributed by atoms with Crippen molar-refractivity contribution < 1.29 is 18.3 Å². The summed E-state index contributed by atoms with van der Waals surface area (Å²) in [6.07, 6.45) is 0. The molecule has 5 nitrogen and oxygen atoms in total. The Balaban J connectivity index is 2.40. The number of benzene rings is 2. The van der Waals surface area contributed by atoms with Crippen LogP contribution in [0.5, 0.6) is 0 Å². The highest BCUT2D eigenvalue weighted by atomic mass is 35.5. The number of sulfonamides is 1. The van der Waals surface area contributed by atoms with Gasteiger partial charge in [0.25, 0.3) is 10.0 Å². The second kappa shape index (κ2) is 5.98. The normalized spacial score (nSPS) is 11.2. The van der Waals surface area contributed by atoms with Crippen molar-refractivity contribution in [2.75, 3.05) is 4.72 Å². The second-order valence-corrected chi connectivity index (χ2v) is 6.94. The van der Waals surface area contributed by atoms with Crippen LogP contribution in [0.1, 0.15) is 21.5 Å². The molecule has 0 saturated carbocycles. The number of aryl methyl sites for hydroxylation is 2. The Hall–Kier alpha value is -2.05. The van der Waals surface area contributed by atoms with Crippen molar-refractivity contribution in [2.24, 2.45) is 0 Å². The molecule has 0 aliphatic rings. The van der Waals surface area contributed by atoms with E-state index in [-0.39, 0.29) is 15.5 Å². The number of carbonyl (C=O) groups is 1.